The summed E-state index contributed by atoms with van der Waals surface area (Å²) in [5, 5.41) is 2.93. The van der Waals surface area contributed by atoms with Gasteiger partial charge in [0, 0.05) is 18.1 Å². The largest absolute Gasteiger partial charge is 0.454 e. The quantitative estimate of drug-likeness (QED) is 0.754. The molecule has 1 fully saturated rings. The summed E-state index contributed by atoms with van der Waals surface area (Å²) in [5.74, 6) is -1.13. The molecule has 0 unspecified atom stereocenters. The number of amides is 1. The van der Waals surface area contributed by atoms with Crippen LogP contribution in [0.25, 0.3) is 0 Å². The Balaban J connectivity index is 2.10. The SMILES string of the molecule is CCNC(=O)COC(=O)[C@@H]1CCCN1S(=O)(=O)c1ccc(Cl)cc1. The summed E-state index contributed by atoms with van der Waals surface area (Å²) in [6.07, 6.45) is 0.912. The van der Waals surface area contributed by atoms with Gasteiger partial charge >= 0.3 is 5.97 Å². The smallest absolute Gasteiger partial charge is 0.324 e. The van der Waals surface area contributed by atoms with Gasteiger partial charge in [0.05, 0.1) is 4.90 Å². The van der Waals surface area contributed by atoms with E-state index in [9.17, 15) is 18.0 Å². The van der Waals surface area contributed by atoms with Gasteiger partial charge in [-0.05, 0) is 44.0 Å². The monoisotopic (exact) mass is 374 g/mol. The van der Waals surface area contributed by atoms with E-state index in [-0.39, 0.29) is 11.4 Å². The standard InChI is InChI=1S/C15H19ClN2O5S/c1-2-17-14(19)10-23-15(20)13-4-3-9-18(13)24(21,22)12-7-5-11(16)6-8-12/h5-8,13H,2-4,9-10H2,1H3,(H,17,19)/t13-/m0/s1. The van der Waals surface area contributed by atoms with Gasteiger partial charge in [0.2, 0.25) is 10.0 Å². The van der Waals surface area contributed by atoms with Crippen LogP contribution in [0, 0.1) is 0 Å². The minimum Gasteiger partial charge on any atom is -0.454 e. The molecule has 1 heterocycles. The predicted molar refractivity (Wildman–Crippen MR) is 88.0 cm³/mol. The van der Waals surface area contributed by atoms with Crippen LogP contribution in [0.2, 0.25) is 5.02 Å². The average molecular weight is 375 g/mol. The minimum atomic E-state index is -3.83. The molecule has 1 amide bonds. The van der Waals surface area contributed by atoms with Crippen LogP contribution >= 0.6 is 11.6 Å². The summed E-state index contributed by atoms with van der Waals surface area (Å²) in [7, 11) is -3.83. The molecule has 0 radical (unpaired) electrons. The number of nitrogens with one attached hydrogen (secondary N) is 1. The van der Waals surface area contributed by atoms with Gasteiger partial charge in [-0.25, -0.2) is 8.42 Å². The molecule has 1 N–H and O–H groups in total. The normalized spacial score (nSPS) is 18.3. The average Bonchev–Trinajstić information content (AvgIpc) is 3.04. The molecule has 0 aliphatic carbocycles. The number of benzene rings is 1. The molecule has 1 atom stereocenters. The van der Waals surface area contributed by atoms with E-state index in [1.807, 2.05) is 0 Å². The van der Waals surface area contributed by atoms with Crippen LogP contribution in [0.15, 0.2) is 29.2 Å². The first-order valence-electron chi connectivity index (χ1n) is 7.57. The van der Waals surface area contributed by atoms with Crippen molar-refractivity contribution in [3.63, 3.8) is 0 Å². The molecule has 9 heteroatoms. The zero-order valence-corrected chi connectivity index (χ0v) is 14.8. The highest BCUT2D eigenvalue weighted by atomic mass is 35.5. The molecule has 1 aliphatic rings. The van der Waals surface area contributed by atoms with Crippen molar-refractivity contribution in [2.45, 2.75) is 30.7 Å². The van der Waals surface area contributed by atoms with Crippen molar-refractivity contribution in [2.75, 3.05) is 19.7 Å². The van der Waals surface area contributed by atoms with Gasteiger partial charge in [0.25, 0.3) is 5.91 Å². The number of esters is 1. The molecule has 132 valence electrons. The molecule has 24 heavy (non-hydrogen) atoms. The van der Waals surface area contributed by atoms with E-state index >= 15 is 0 Å². The fourth-order valence-electron chi connectivity index (χ4n) is 2.49. The van der Waals surface area contributed by atoms with Crippen molar-refractivity contribution >= 4 is 33.5 Å². The maximum absolute atomic E-state index is 12.7. The Morgan fingerprint density at radius 1 is 1.33 bits per heavy atom. The fraction of sp³-hybridized carbons (Fsp3) is 0.467. The van der Waals surface area contributed by atoms with E-state index in [1.165, 1.54) is 24.3 Å². The molecule has 2 rings (SSSR count). The van der Waals surface area contributed by atoms with Crippen molar-refractivity contribution in [2.24, 2.45) is 0 Å². The van der Waals surface area contributed by atoms with E-state index in [2.05, 4.69) is 5.32 Å². The number of rotatable bonds is 6. The zero-order chi connectivity index (χ0) is 17.7. The van der Waals surface area contributed by atoms with Crippen LogP contribution in [-0.4, -0.2) is 50.3 Å². The second kappa shape index (κ2) is 7.96. The number of ether oxygens (including phenoxy) is 1. The van der Waals surface area contributed by atoms with Gasteiger partial charge in [-0.3, -0.25) is 9.59 Å². The summed E-state index contributed by atoms with van der Waals surface area (Å²) >= 11 is 5.78. The number of carbonyl (C=O) groups excluding carboxylic acids is 2. The Labute approximate surface area is 146 Å². The highest BCUT2D eigenvalue weighted by Crippen LogP contribution is 2.27. The number of halogens is 1. The lowest BCUT2D eigenvalue weighted by molar-refractivity contribution is -0.151. The predicted octanol–water partition coefficient (Wildman–Crippen LogP) is 1.17. The van der Waals surface area contributed by atoms with Crippen molar-refractivity contribution in [3.8, 4) is 0 Å². The summed E-state index contributed by atoms with van der Waals surface area (Å²) in [6, 6.07) is 4.83. The lowest BCUT2D eigenvalue weighted by Gasteiger charge is -2.22. The van der Waals surface area contributed by atoms with Crippen molar-refractivity contribution < 1.29 is 22.7 Å². The molecule has 0 spiro atoms. The highest BCUT2D eigenvalue weighted by molar-refractivity contribution is 7.89. The molecule has 0 saturated carbocycles. The summed E-state index contributed by atoms with van der Waals surface area (Å²) < 4.78 is 31.5. The van der Waals surface area contributed by atoms with Crippen molar-refractivity contribution in [1.82, 2.24) is 9.62 Å². The molecule has 7 nitrogen and oxygen atoms in total. The number of hydrogen-bond acceptors (Lipinski definition) is 5. The number of carbonyl (C=O) groups is 2. The maximum Gasteiger partial charge on any atom is 0.324 e. The van der Waals surface area contributed by atoms with E-state index in [0.717, 1.165) is 4.31 Å². The lowest BCUT2D eigenvalue weighted by atomic mass is 10.2. The maximum atomic E-state index is 12.7. The third-order valence-electron chi connectivity index (χ3n) is 3.62. The minimum absolute atomic E-state index is 0.0651. The number of nitrogens with zero attached hydrogens (tertiary/aromatic N) is 1. The van der Waals surface area contributed by atoms with Crippen LogP contribution in [0.3, 0.4) is 0 Å². The van der Waals surface area contributed by atoms with Crippen molar-refractivity contribution in [3.05, 3.63) is 29.3 Å². The van der Waals surface area contributed by atoms with Gasteiger partial charge in [0.15, 0.2) is 6.61 Å². The Kier molecular flexibility index (Phi) is 6.20. The second-order valence-corrected chi connectivity index (χ2v) is 7.62. The molecule has 1 aliphatic heterocycles. The molecule has 0 bridgehead atoms. The van der Waals surface area contributed by atoms with Crippen LogP contribution in [0.4, 0.5) is 0 Å². The van der Waals surface area contributed by atoms with Crippen LogP contribution in [0.5, 0.6) is 0 Å². The first kappa shape index (κ1) is 18.7. The number of hydrogen-bond donors (Lipinski definition) is 1. The first-order valence-corrected chi connectivity index (χ1v) is 9.39. The molecular weight excluding hydrogens is 356 g/mol. The summed E-state index contributed by atoms with van der Waals surface area (Å²) in [6.45, 7) is 1.98. The summed E-state index contributed by atoms with van der Waals surface area (Å²) in [5.41, 5.74) is 0. The second-order valence-electron chi connectivity index (χ2n) is 5.29. The third-order valence-corrected chi connectivity index (χ3v) is 5.79. The van der Waals surface area contributed by atoms with Gasteiger partial charge in [-0.15, -0.1) is 0 Å². The van der Waals surface area contributed by atoms with E-state index in [1.54, 1.807) is 6.92 Å². The Hall–Kier alpha value is -1.64. The lowest BCUT2D eigenvalue weighted by Crippen LogP contribution is -2.42. The Bertz CT molecular complexity index is 705. The zero-order valence-electron chi connectivity index (χ0n) is 13.2. The Morgan fingerprint density at radius 3 is 2.62 bits per heavy atom. The van der Waals surface area contributed by atoms with Gasteiger partial charge < -0.3 is 10.1 Å². The number of likely N-dealkylation sites (N-methyl/N-ethyl adjacent to an activating group) is 1. The van der Waals surface area contributed by atoms with Crippen LogP contribution < -0.4 is 5.32 Å². The van der Waals surface area contributed by atoms with E-state index in [4.69, 9.17) is 16.3 Å². The van der Waals surface area contributed by atoms with E-state index < -0.39 is 34.5 Å². The van der Waals surface area contributed by atoms with Gasteiger partial charge in [-0.2, -0.15) is 4.31 Å². The van der Waals surface area contributed by atoms with Gasteiger partial charge in [-0.1, -0.05) is 11.6 Å². The number of sulfonamides is 1. The molecule has 1 saturated heterocycles. The van der Waals surface area contributed by atoms with Crippen molar-refractivity contribution in [1.29, 1.82) is 0 Å². The molecule has 1 aromatic rings. The fourth-order valence-corrected chi connectivity index (χ4v) is 4.26. The van der Waals surface area contributed by atoms with Gasteiger partial charge in [0.1, 0.15) is 6.04 Å². The van der Waals surface area contributed by atoms with Crippen LogP contribution in [0.1, 0.15) is 19.8 Å². The highest BCUT2D eigenvalue weighted by Gasteiger charge is 2.40. The molecule has 0 aromatic heterocycles. The first-order chi connectivity index (χ1) is 11.4. The molecule has 1 aromatic carbocycles. The Morgan fingerprint density at radius 2 is 2.00 bits per heavy atom. The summed E-state index contributed by atoms with van der Waals surface area (Å²) in [4.78, 5) is 23.6. The third kappa shape index (κ3) is 4.25. The topological polar surface area (TPSA) is 92.8 Å². The molecular formula is C15H19ClN2O5S. The van der Waals surface area contributed by atoms with E-state index in [0.29, 0.717) is 24.4 Å². The van der Waals surface area contributed by atoms with Crippen LogP contribution in [-0.2, 0) is 24.3 Å².